The third-order valence-corrected chi connectivity index (χ3v) is 12.1. The number of carbonyl (C=O) groups excluding carboxylic acids is 5. The number of fused-ring (bicyclic) bond motifs is 5. The van der Waals surface area contributed by atoms with Crippen LogP contribution in [0.15, 0.2) is 60.7 Å². The fraction of sp³-hybridized carbons (Fsp3) is 0.462. The van der Waals surface area contributed by atoms with E-state index < -0.39 is 41.5 Å². The summed E-state index contributed by atoms with van der Waals surface area (Å²) in [5, 5.41) is 12.1. The molecule has 5 rings (SSSR count). The van der Waals surface area contributed by atoms with Crippen LogP contribution in [0.1, 0.15) is 104 Å². The van der Waals surface area contributed by atoms with Crippen molar-refractivity contribution in [2.24, 2.45) is 35.0 Å². The first-order chi connectivity index (χ1) is 32.1. The van der Waals surface area contributed by atoms with Crippen LogP contribution in [0.5, 0.6) is 11.5 Å². The molecule has 4 atom stereocenters. The van der Waals surface area contributed by atoms with Crippen LogP contribution in [0.3, 0.4) is 0 Å². The molecule has 1 aliphatic rings. The fourth-order valence-corrected chi connectivity index (χ4v) is 8.49. The van der Waals surface area contributed by atoms with Crippen molar-refractivity contribution >= 4 is 29.2 Å². The Labute approximate surface area is 394 Å². The fourth-order valence-electron chi connectivity index (χ4n) is 8.49. The zero-order valence-corrected chi connectivity index (χ0v) is 39.7. The van der Waals surface area contributed by atoms with Gasteiger partial charge in [0.1, 0.15) is 30.8 Å². The van der Waals surface area contributed by atoms with Crippen LogP contribution < -0.4 is 32.0 Å². The Balaban J connectivity index is 1.55. The number of Topliss-reactive ketones (excluding diaryl/α,β-unsaturated/α-hetero) is 3. The zero-order chi connectivity index (χ0) is 48.8. The molecule has 0 saturated carbocycles. The van der Waals surface area contributed by atoms with E-state index in [-0.39, 0.29) is 82.9 Å². The number of hydrogen-bond donors (Lipinski definition) is 4. The van der Waals surface area contributed by atoms with Crippen molar-refractivity contribution in [1.29, 1.82) is 5.26 Å². The van der Waals surface area contributed by atoms with E-state index in [2.05, 4.69) is 31.3 Å². The first-order valence-electron chi connectivity index (χ1n) is 23.2. The Bertz CT molecular complexity index is 2420. The van der Waals surface area contributed by atoms with Crippen LogP contribution in [0.2, 0.25) is 0 Å². The van der Waals surface area contributed by atoms with Crippen LogP contribution in [0.25, 0.3) is 22.5 Å². The maximum Gasteiger partial charge on any atom is 0.226 e. The number of hydrogen-bond acceptors (Lipinski definition) is 13. The number of aromatic nitrogens is 2. The number of ether oxygens (including phenoxy) is 2. The molecule has 0 radical (unpaired) electrons. The molecule has 2 heterocycles. The van der Waals surface area contributed by atoms with E-state index in [4.69, 9.17) is 36.6 Å². The molecule has 15 heteroatoms. The highest BCUT2D eigenvalue weighted by Gasteiger charge is 2.36. The van der Waals surface area contributed by atoms with Gasteiger partial charge in [-0.2, -0.15) is 5.26 Å². The maximum absolute atomic E-state index is 14.8. The molecule has 67 heavy (non-hydrogen) atoms. The molecule has 4 bridgehead atoms. The molecule has 0 fully saturated rings. The van der Waals surface area contributed by atoms with Gasteiger partial charge in [-0.05, 0) is 92.9 Å². The number of nitrogens with two attached hydrogens (primary N) is 3. The van der Waals surface area contributed by atoms with Gasteiger partial charge in [0.05, 0.1) is 29.1 Å². The van der Waals surface area contributed by atoms with Gasteiger partial charge in [0.2, 0.25) is 11.8 Å². The van der Waals surface area contributed by atoms with Gasteiger partial charge in [-0.15, -0.1) is 0 Å². The average Bonchev–Trinajstić information content (AvgIpc) is 3.30. The summed E-state index contributed by atoms with van der Waals surface area (Å²) < 4.78 is 12.3. The smallest absolute Gasteiger partial charge is 0.226 e. The van der Waals surface area contributed by atoms with Crippen LogP contribution >= 0.6 is 0 Å². The van der Waals surface area contributed by atoms with Crippen LogP contribution in [0.4, 0.5) is 0 Å². The van der Waals surface area contributed by atoms with E-state index in [1.807, 2.05) is 24.3 Å². The summed E-state index contributed by atoms with van der Waals surface area (Å²) in [7, 11) is 1.51. The van der Waals surface area contributed by atoms with Crippen molar-refractivity contribution < 1.29 is 33.4 Å². The monoisotopic (exact) mass is 915 g/mol. The van der Waals surface area contributed by atoms with Gasteiger partial charge in [0, 0.05) is 74.3 Å². The molecule has 15 nitrogen and oxygen atoms in total. The van der Waals surface area contributed by atoms with Crippen molar-refractivity contribution in [2.75, 3.05) is 39.9 Å². The summed E-state index contributed by atoms with van der Waals surface area (Å²) in [6.07, 6.45) is 1.67. The summed E-state index contributed by atoms with van der Waals surface area (Å²) in [5.74, 6) is -2.06. The topological polar surface area (TPSA) is 247 Å². The van der Waals surface area contributed by atoms with Gasteiger partial charge in [-0.25, -0.2) is 9.97 Å². The third-order valence-electron chi connectivity index (χ3n) is 12.1. The Morgan fingerprint density at radius 2 is 1.49 bits per heavy atom. The lowest BCUT2D eigenvalue weighted by Gasteiger charge is -2.32. The number of nitrogens with zero attached hydrogens (tertiary/aromatic N) is 4. The van der Waals surface area contributed by atoms with E-state index in [0.29, 0.717) is 62.4 Å². The lowest BCUT2D eigenvalue weighted by molar-refractivity contribution is -0.142. The first kappa shape index (κ1) is 51.6. The van der Waals surface area contributed by atoms with E-state index >= 15 is 0 Å². The second-order valence-corrected chi connectivity index (χ2v) is 17.8. The molecule has 1 aromatic heterocycles. The predicted octanol–water partition coefficient (Wildman–Crippen LogP) is 5.94. The number of aryl methyl sites for hydroxylation is 3. The Hall–Kier alpha value is -6.34. The largest absolute Gasteiger partial charge is 0.492 e. The Kier molecular flexibility index (Phi) is 18.8. The van der Waals surface area contributed by atoms with E-state index in [0.717, 1.165) is 18.4 Å². The number of nitriles is 1. The Morgan fingerprint density at radius 3 is 2.09 bits per heavy atom. The Morgan fingerprint density at radius 1 is 0.866 bits per heavy atom. The molecule has 356 valence electrons. The highest BCUT2D eigenvalue weighted by atomic mass is 16.5. The third kappa shape index (κ3) is 13.4. The van der Waals surface area contributed by atoms with Crippen molar-refractivity contribution in [1.82, 2.24) is 20.2 Å². The summed E-state index contributed by atoms with van der Waals surface area (Å²) in [4.78, 5) is 82.0. The standard InChI is InChI=1S/C52H66N8O7/c1-31(2)9-10-35-11-14-37(15-12-35)50-57-33(4)48(34(5)58-50)44(62)30-39(19-21-54)52(65)60(6)49-38-16-18-47(67-25-23-56)41(29-38)40-27-36(13-17-46(40)66-24-22-55)28-42(43(61)8-7-20-53)59-51(64)32(3)26-45(49)63/h11-18,27,29,31-32,39,42,49H,7-10,19,21-26,28,30,54-56H2,1-6H3,(H,59,64)/t32-,39-,42+,49+/m1/s1. The van der Waals surface area contributed by atoms with Crippen molar-refractivity contribution in [3.05, 3.63) is 94.3 Å². The second-order valence-electron chi connectivity index (χ2n) is 17.8. The van der Waals surface area contributed by atoms with Crippen molar-refractivity contribution in [3.8, 4) is 40.1 Å². The number of carbonyl (C=O) groups is 5. The number of likely N-dealkylation sites (N-methyl/N-ethyl adjacent to an activating group) is 1. The zero-order valence-electron chi connectivity index (χ0n) is 39.7. The number of ketones is 3. The van der Waals surface area contributed by atoms with Gasteiger partial charge in [0.15, 0.2) is 23.2 Å². The number of amides is 2. The molecule has 7 N–H and O–H groups in total. The number of rotatable bonds is 20. The maximum atomic E-state index is 14.8. The molecule has 0 saturated heterocycles. The molecule has 0 unspecified atom stereocenters. The van der Waals surface area contributed by atoms with E-state index in [9.17, 15) is 29.2 Å². The van der Waals surface area contributed by atoms with Gasteiger partial charge < -0.3 is 36.9 Å². The highest BCUT2D eigenvalue weighted by molar-refractivity contribution is 6.01. The van der Waals surface area contributed by atoms with Gasteiger partial charge in [-0.1, -0.05) is 57.2 Å². The molecule has 0 aliphatic carbocycles. The first-order valence-corrected chi connectivity index (χ1v) is 23.2. The highest BCUT2D eigenvalue weighted by Crippen LogP contribution is 2.41. The summed E-state index contributed by atoms with van der Waals surface area (Å²) in [5.41, 5.74) is 23.3. The number of benzene rings is 3. The molecule has 4 aromatic rings. The number of nitrogens with one attached hydrogen (secondary N) is 1. The summed E-state index contributed by atoms with van der Waals surface area (Å²) in [6.45, 7) is 10.3. The van der Waals surface area contributed by atoms with Crippen LogP contribution in [0, 0.1) is 42.9 Å². The lowest BCUT2D eigenvalue weighted by atomic mass is 9.88. The SMILES string of the molecule is Cc1nc(-c2ccc(CCC(C)C)cc2)nc(C)c1C(=O)C[C@@H](CCN)C(=O)N(C)[C@@H]1C(=O)C[C@@H](C)C(=O)N[C@H](C(=O)CCC#N)Cc2ccc(OCCN)c(c2)-c2cc1ccc2OCCN. The summed E-state index contributed by atoms with van der Waals surface area (Å²) in [6, 6.07) is 18.4. The summed E-state index contributed by atoms with van der Waals surface area (Å²) >= 11 is 0. The van der Waals surface area contributed by atoms with Gasteiger partial charge in [-0.3, -0.25) is 24.0 Å². The molecule has 2 amide bonds. The minimum atomic E-state index is -1.24. The molecular formula is C52H66N8O7. The minimum Gasteiger partial charge on any atom is -0.492 e. The van der Waals surface area contributed by atoms with E-state index in [1.54, 1.807) is 51.1 Å². The predicted molar refractivity (Wildman–Crippen MR) is 257 cm³/mol. The van der Waals surface area contributed by atoms with Gasteiger partial charge >= 0.3 is 0 Å². The molecular weight excluding hydrogens is 849 g/mol. The molecule has 3 aromatic carbocycles. The average molecular weight is 915 g/mol. The van der Waals surface area contributed by atoms with Crippen molar-refractivity contribution in [3.63, 3.8) is 0 Å². The normalized spacial score (nSPS) is 16.6. The van der Waals surface area contributed by atoms with Gasteiger partial charge in [0.25, 0.3) is 0 Å². The molecule has 1 aliphatic heterocycles. The minimum absolute atomic E-state index is 0.0309. The lowest BCUT2D eigenvalue weighted by Crippen LogP contribution is -2.46. The van der Waals surface area contributed by atoms with E-state index in [1.165, 1.54) is 17.5 Å². The van der Waals surface area contributed by atoms with Crippen LogP contribution in [-0.4, -0.2) is 90.0 Å². The quantitative estimate of drug-likeness (QED) is 0.0751. The second kappa shape index (κ2) is 24.4. The molecule has 0 spiro atoms. The van der Waals surface area contributed by atoms with Crippen LogP contribution in [-0.2, 0) is 32.0 Å². The van der Waals surface area contributed by atoms with Crippen molar-refractivity contribution in [2.45, 2.75) is 98.1 Å².